The van der Waals surface area contributed by atoms with E-state index >= 15 is 0 Å². The molecule has 1 amide bonds. The van der Waals surface area contributed by atoms with E-state index in [1.165, 1.54) is 13.8 Å². The minimum Gasteiger partial charge on any atom is -0.595 e. The summed E-state index contributed by atoms with van der Waals surface area (Å²) >= 11 is 0. The first kappa shape index (κ1) is 20.3. The van der Waals surface area contributed by atoms with Crippen LogP contribution < -0.4 is 56.5 Å². The molecular weight excluding hydrogens is 343 g/mol. The molecule has 2 fully saturated rings. The average Bonchev–Trinajstić information content (AvgIpc) is 3.05. The smallest absolute Gasteiger partial charge is 0.595 e. The van der Waals surface area contributed by atoms with Crippen molar-refractivity contribution < 1.29 is 84.1 Å². The molecule has 120 valence electrons. The van der Waals surface area contributed by atoms with E-state index in [0.29, 0.717) is 0 Å². The summed E-state index contributed by atoms with van der Waals surface area (Å²) in [7, 11) is -4.77. The minimum atomic E-state index is -4.77. The zero-order chi connectivity index (χ0) is 15.9. The maximum absolute atomic E-state index is 11.7. The van der Waals surface area contributed by atoms with E-state index in [4.69, 9.17) is 9.29 Å². The molecule has 0 aromatic carbocycles. The number of β-lactam (4-membered cyclic amide) rings is 1. The van der Waals surface area contributed by atoms with Crippen molar-refractivity contribution >= 4 is 22.3 Å². The standard InChI is InChI=1S/C11H18N2O7S.K/c1-5(14)8-9(13(10(8)15)21(17,18)19)6(2)20-11(16)12-7-3-4-7;/h5-9,14H,3-4H2,1-2H3,(H,12,16)(H,17,18,19);/q;+1/p-1/t5-,6+,8-,9-;/m1./s1. The van der Waals surface area contributed by atoms with Gasteiger partial charge in [-0.05, 0) is 19.8 Å². The Kier molecular flexibility index (Phi) is 6.85. The van der Waals surface area contributed by atoms with Gasteiger partial charge in [0.25, 0.3) is 0 Å². The van der Waals surface area contributed by atoms with E-state index in [1.54, 1.807) is 0 Å². The Morgan fingerprint density at radius 3 is 2.41 bits per heavy atom. The molecule has 1 saturated heterocycles. The van der Waals surface area contributed by atoms with Gasteiger partial charge in [-0.2, -0.15) is 8.42 Å². The third kappa shape index (κ3) is 4.41. The van der Waals surface area contributed by atoms with E-state index < -0.39 is 46.5 Å². The number of carbonyl (C=O) groups excluding carboxylic acids is 1. The summed E-state index contributed by atoms with van der Waals surface area (Å²) in [5.74, 6) is -1.99. The molecule has 1 aliphatic carbocycles. The maximum Gasteiger partial charge on any atom is 1.00 e. The molecule has 0 aromatic rings. The molecule has 1 heterocycles. The number of rotatable bonds is 5. The number of carbonyl (C=O) groups is 1. The zero-order valence-corrected chi connectivity index (χ0v) is 16.5. The number of hydrogen-bond acceptors (Lipinski definition) is 7. The summed E-state index contributed by atoms with van der Waals surface area (Å²) in [6.07, 6.45) is -1.40. The molecule has 2 aliphatic rings. The molecule has 1 aliphatic heterocycles. The molecule has 4 atom stereocenters. The van der Waals surface area contributed by atoms with E-state index in [9.17, 15) is 23.4 Å². The van der Waals surface area contributed by atoms with Crippen molar-refractivity contribution in [2.24, 2.45) is 10.9 Å². The number of amides is 1. The third-order valence-corrected chi connectivity index (χ3v) is 4.43. The average molecular weight is 360 g/mol. The van der Waals surface area contributed by atoms with Gasteiger partial charge < -0.3 is 14.9 Å². The van der Waals surface area contributed by atoms with Crippen LogP contribution in [0.15, 0.2) is 4.99 Å². The Labute approximate surface area is 171 Å². The van der Waals surface area contributed by atoms with Gasteiger partial charge in [0.15, 0.2) is 0 Å². The molecule has 0 spiro atoms. The molecular formula is C11H17KN2O7S. The molecule has 0 bridgehead atoms. The van der Waals surface area contributed by atoms with Crippen molar-refractivity contribution in [2.75, 3.05) is 0 Å². The fraction of sp³-hybridized carbons (Fsp3) is 0.818. The molecule has 2 N–H and O–H groups in total. The normalized spacial score (nSPS) is 28.5. The monoisotopic (exact) mass is 360 g/mol. The first-order valence-corrected chi connectivity index (χ1v) is 7.93. The number of aliphatic hydroxyl groups is 1. The molecule has 22 heavy (non-hydrogen) atoms. The molecule has 0 unspecified atom stereocenters. The number of aliphatic hydroxyl groups excluding tert-OH is 1. The van der Waals surface area contributed by atoms with Gasteiger partial charge in [-0.25, -0.2) is 4.31 Å². The second-order valence-corrected chi connectivity index (χ2v) is 6.61. The largest absolute Gasteiger partial charge is 1.00 e. The Balaban J connectivity index is 0.00000242. The second-order valence-electron chi connectivity index (χ2n) is 5.32. The summed E-state index contributed by atoms with van der Waals surface area (Å²) in [6, 6.07) is -1.20. The minimum absolute atomic E-state index is 0. The summed E-state index contributed by atoms with van der Waals surface area (Å²) in [6.45, 7) is 2.70. The van der Waals surface area contributed by atoms with Gasteiger partial charge in [0.2, 0.25) is 5.91 Å². The van der Waals surface area contributed by atoms with Crippen molar-refractivity contribution in [1.29, 1.82) is 0 Å². The third-order valence-electron chi connectivity index (χ3n) is 3.51. The topological polar surface area (TPSA) is 140 Å². The van der Waals surface area contributed by atoms with Gasteiger partial charge in [-0.3, -0.25) is 14.3 Å². The van der Waals surface area contributed by atoms with Crippen LogP contribution in [0.3, 0.4) is 0 Å². The summed E-state index contributed by atoms with van der Waals surface area (Å²) < 4.78 is 36.6. The van der Waals surface area contributed by atoms with Crippen LogP contribution in [-0.2, 0) is 19.8 Å². The van der Waals surface area contributed by atoms with Crippen LogP contribution in [0.4, 0.5) is 0 Å². The Hall–Kier alpha value is 0.246. The summed E-state index contributed by atoms with van der Waals surface area (Å²) in [5, 5.41) is 21.0. The molecule has 9 nitrogen and oxygen atoms in total. The maximum atomic E-state index is 11.7. The fourth-order valence-corrected chi connectivity index (χ4v) is 3.32. The molecule has 2 rings (SSSR count). The van der Waals surface area contributed by atoms with Gasteiger partial charge in [0.05, 0.1) is 24.1 Å². The van der Waals surface area contributed by atoms with E-state index in [0.717, 1.165) is 12.8 Å². The van der Waals surface area contributed by atoms with Gasteiger partial charge in [-0.1, -0.05) is 6.92 Å². The van der Waals surface area contributed by atoms with Crippen LogP contribution >= 0.6 is 0 Å². The Morgan fingerprint density at radius 2 is 2.00 bits per heavy atom. The fourth-order valence-electron chi connectivity index (χ4n) is 2.36. The van der Waals surface area contributed by atoms with Crippen molar-refractivity contribution in [3.63, 3.8) is 0 Å². The van der Waals surface area contributed by atoms with Crippen molar-refractivity contribution in [2.45, 2.75) is 51.0 Å². The zero-order valence-electron chi connectivity index (χ0n) is 12.5. The van der Waals surface area contributed by atoms with Crippen LogP contribution in [0.2, 0.25) is 0 Å². The number of hydrogen-bond donors (Lipinski definition) is 2. The Bertz CT molecular complexity index is 561. The SMILES string of the molecule is C[C@H](OC([O-])=NC1CC1)[C@@H]1[C@@H]([C@@H](C)O)C(=O)N1S(=O)(=O)O.[K+]. The van der Waals surface area contributed by atoms with E-state index in [2.05, 4.69) is 4.99 Å². The van der Waals surface area contributed by atoms with Crippen molar-refractivity contribution in [3.05, 3.63) is 0 Å². The van der Waals surface area contributed by atoms with Crippen molar-refractivity contribution in [1.82, 2.24) is 4.31 Å². The van der Waals surface area contributed by atoms with Crippen LogP contribution in [0, 0.1) is 5.92 Å². The molecule has 0 aromatic heterocycles. The number of aliphatic imine (C=N–C) groups is 1. The second kappa shape index (κ2) is 7.43. The van der Waals surface area contributed by atoms with Crippen LogP contribution in [0.1, 0.15) is 26.7 Å². The first-order chi connectivity index (χ1) is 9.62. The van der Waals surface area contributed by atoms with Gasteiger partial charge in [0, 0.05) is 6.10 Å². The molecule has 11 heteroatoms. The van der Waals surface area contributed by atoms with Gasteiger partial charge in [-0.15, -0.1) is 0 Å². The van der Waals surface area contributed by atoms with Gasteiger partial charge >= 0.3 is 61.7 Å². The van der Waals surface area contributed by atoms with E-state index in [1.807, 2.05) is 0 Å². The number of ether oxygens (including phenoxy) is 1. The van der Waals surface area contributed by atoms with Gasteiger partial charge in [0.1, 0.15) is 6.08 Å². The van der Waals surface area contributed by atoms with Crippen LogP contribution in [0.5, 0.6) is 0 Å². The predicted molar refractivity (Wildman–Crippen MR) is 68.4 cm³/mol. The predicted octanol–water partition coefficient (Wildman–Crippen LogP) is -4.72. The first-order valence-electron chi connectivity index (χ1n) is 6.53. The van der Waals surface area contributed by atoms with Crippen LogP contribution in [-0.4, -0.2) is 58.7 Å². The molecule has 0 radical (unpaired) electrons. The van der Waals surface area contributed by atoms with Crippen LogP contribution in [0.25, 0.3) is 0 Å². The summed E-state index contributed by atoms with van der Waals surface area (Å²) in [5.41, 5.74) is 0. The molecule has 1 saturated carbocycles. The quantitative estimate of drug-likeness (QED) is 0.165. The Morgan fingerprint density at radius 1 is 1.45 bits per heavy atom. The number of nitrogens with zero attached hydrogens (tertiary/aromatic N) is 2. The van der Waals surface area contributed by atoms with E-state index in [-0.39, 0.29) is 61.7 Å². The summed E-state index contributed by atoms with van der Waals surface area (Å²) in [4.78, 5) is 15.4. The van der Waals surface area contributed by atoms with Crippen molar-refractivity contribution in [3.8, 4) is 0 Å².